The number of nitrogens with zero attached hydrogens (tertiary/aromatic N) is 2. The molecular formula is C14H20N4O2S. The van der Waals surface area contributed by atoms with E-state index >= 15 is 0 Å². The quantitative estimate of drug-likeness (QED) is 0.857. The summed E-state index contributed by atoms with van der Waals surface area (Å²) in [6.07, 6.45) is 5.18. The first-order chi connectivity index (χ1) is 10.3. The van der Waals surface area contributed by atoms with Crippen LogP contribution in [0.3, 0.4) is 0 Å². The molecule has 0 spiro atoms. The van der Waals surface area contributed by atoms with E-state index in [1.807, 2.05) is 0 Å². The zero-order chi connectivity index (χ0) is 13.8. The Balaban J connectivity index is 1.27. The van der Waals surface area contributed by atoms with Gasteiger partial charge < -0.3 is 20.1 Å². The Morgan fingerprint density at radius 1 is 0.810 bits per heavy atom. The lowest BCUT2D eigenvalue weighted by atomic mass is 10.1. The van der Waals surface area contributed by atoms with Crippen LogP contribution in [0.4, 0.5) is 0 Å². The topological polar surface area (TPSA) is 68.3 Å². The Morgan fingerprint density at radius 3 is 1.71 bits per heavy atom. The minimum atomic E-state index is 0.230. The van der Waals surface area contributed by atoms with Crippen molar-refractivity contribution in [2.24, 2.45) is 11.8 Å². The molecule has 6 nitrogen and oxygen atoms in total. The molecule has 0 radical (unpaired) electrons. The summed E-state index contributed by atoms with van der Waals surface area (Å²) < 4.78 is 20.8. The summed E-state index contributed by atoms with van der Waals surface area (Å²) in [5.74, 6) is 2.74. The van der Waals surface area contributed by atoms with Gasteiger partial charge in [0.15, 0.2) is 0 Å². The normalized spacial score (nSPS) is 43.6. The third kappa shape index (κ3) is 2.13. The van der Waals surface area contributed by atoms with Crippen LogP contribution in [-0.4, -0.2) is 46.1 Å². The van der Waals surface area contributed by atoms with E-state index in [0.717, 1.165) is 37.8 Å². The Morgan fingerprint density at radius 2 is 1.33 bits per heavy atom. The van der Waals surface area contributed by atoms with Crippen molar-refractivity contribution in [3.8, 4) is 11.8 Å². The van der Waals surface area contributed by atoms with E-state index in [0.29, 0.717) is 23.8 Å². The van der Waals surface area contributed by atoms with Gasteiger partial charge in [-0.3, -0.25) is 0 Å². The molecule has 7 heteroatoms. The fourth-order valence-electron chi connectivity index (χ4n) is 4.46. The van der Waals surface area contributed by atoms with E-state index < -0.39 is 0 Å². The average Bonchev–Trinajstić information content (AvgIpc) is 3.26. The molecule has 6 atom stereocenters. The molecule has 4 fully saturated rings. The molecule has 4 aliphatic rings. The molecule has 1 aromatic heterocycles. The van der Waals surface area contributed by atoms with Gasteiger partial charge in [0.25, 0.3) is 11.8 Å². The summed E-state index contributed by atoms with van der Waals surface area (Å²) in [4.78, 5) is 0. The monoisotopic (exact) mass is 308 g/mol. The maximum absolute atomic E-state index is 6.10. The van der Waals surface area contributed by atoms with Gasteiger partial charge in [0, 0.05) is 12.1 Å². The largest absolute Gasteiger partial charge is 0.468 e. The second-order valence-corrected chi connectivity index (χ2v) is 7.42. The van der Waals surface area contributed by atoms with Crippen LogP contribution >= 0.6 is 11.7 Å². The predicted octanol–water partition coefficient (Wildman–Crippen LogP) is 0.796. The average molecular weight is 308 g/mol. The standard InChI is InChI=1S/C14H20N4O2S/c1-7-3-11(9(1)15-5-7)19-13-14(18-21-17-13)20-12-4-8-2-10(12)16-6-8/h7-12,15-16H,1-6H2. The first-order valence-electron chi connectivity index (χ1n) is 7.98. The number of nitrogens with one attached hydrogen (secondary N) is 2. The molecule has 6 unspecified atom stereocenters. The molecule has 2 aliphatic heterocycles. The number of piperidine rings is 2. The van der Waals surface area contributed by atoms with Crippen molar-refractivity contribution in [1.82, 2.24) is 19.4 Å². The smallest absolute Gasteiger partial charge is 0.291 e. The number of fused-ring (bicyclic) bond motifs is 4. The van der Waals surface area contributed by atoms with Crippen LogP contribution in [0.15, 0.2) is 0 Å². The zero-order valence-electron chi connectivity index (χ0n) is 11.8. The Labute approximate surface area is 127 Å². The van der Waals surface area contributed by atoms with Gasteiger partial charge in [-0.15, -0.1) is 8.75 Å². The Kier molecular flexibility index (Phi) is 2.88. The highest BCUT2D eigenvalue weighted by Gasteiger charge is 2.43. The molecule has 2 saturated heterocycles. The lowest BCUT2D eigenvalue weighted by Crippen LogP contribution is -2.41. The van der Waals surface area contributed by atoms with E-state index in [2.05, 4.69) is 19.4 Å². The van der Waals surface area contributed by atoms with Crippen LogP contribution < -0.4 is 20.1 Å². The number of aromatic nitrogens is 2. The summed E-state index contributed by atoms with van der Waals surface area (Å²) in [6.45, 7) is 2.28. The SMILES string of the molecule is C1NC2CC1CC2Oc1nsnc1OC1CC2CNC1C2. The Bertz CT molecular complexity index is 494. The number of ether oxygens (including phenoxy) is 2. The van der Waals surface area contributed by atoms with E-state index in [1.54, 1.807) is 0 Å². The molecule has 0 amide bonds. The van der Waals surface area contributed by atoms with Gasteiger partial charge >= 0.3 is 0 Å². The summed E-state index contributed by atoms with van der Waals surface area (Å²) in [5, 5.41) is 7.03. The van der Waals surface area contributed by atoms with E-state index in [4.69, 9.17) is 9.47 Å². The fraction of sp³-hybridized carbons (Fsp3) is 0.857. The molecule has 3 heterocycles. The van der Waals surface area contributed by atoms with Crippen molar-refractivity contribution >= 4 is 11.7 Å². The van der Waals surface area contributed by atoms with Crippen LogP contribution in [0.25, 0.3) is 0 Å². The minimum absolute atomic E-state index is 0.230. The summed E-state index contributed by atoms with van der Waals surface area (Å²) in [6, 6.07) is 0.961. The molecule has 5 rings (SSSR count). The van der Waals surface area contributed by atoms with Crippen molar-refractivity contribution in [3.05, 3.63) is 0 Å². The van der Waals surface area contributed by atoms with Crippen LogP contribution in [0.1, 0.15) is 25.7 Å². The molecule has 2 aliphatic carbocycles. The minimum Gasteiger partial charge on any atom is -0.468 e. The van der Waals surface area contributed by atoms with Gasteiger partial charge in [0.1, 0.15) is 12.2 Å². The third-order valence-corrected chi connectivity index (χ3v) is 5.99. The zero-order valence-corrected chi connectivity index (χ0v) is 12.6. The van der Waals surface area contributed by atoms with Crippen molar-refractivity contribution in [3.63, 3.8) is 0 Å². The maximum atomic E-state index is 6.10. The molecule has 2 saturated carbocycles. The molecule has 0 aromatic carbocycles. The van der Waals surface area contributed by atoms with E-state index in [1.165, 1.54) is 24.6 Å². The van der Waals surface area contributed by atoms with Gasteiger partial charge in [-0.1, -0.05) is 0 Å². The highest BCUT2D eigenvalue weighted by molar-refractivity contribution is 6.99. The van der Waals surface area contributed by atoms with E-state index in [9.17, 15) is 0 Å². The van der Waals surface area contributed by atoms with Gasteiger partial charge in [-0.05, 0) is 50.6 Å². The van der Waals surface area contributed by atoms with Gasteiger partial charge in [0.2, 0.25) is 0 Å². The second kappa shape index (κ2) is 4.79. The highest BCUT2D eigenvalue weighted by atomic mass is 32.1. The second-order valence-electron chi connectivity index (χ2n) is 6.89. The summed E-state index contributed by atoms with van der Waals surface area (Å²) in [5.41, 5.74) is 0. The molecular weight excluding hydrogens is 288 g/mol. The summed E-state index contributed by atoms with van der Waals surface area (Å²) in [7, 11) is 0. The first-order valence-corrected chi connectivity index (χ1v) is 8.71. The number of hydrogen-bond acceptors (Lipinski definition) is 7. The van der Waals surface area contributed by atoms with Crippen LogP contribution in [-0.2, 0) is 0 Å². The molecule has 1 aromatic rings. The lowest BCUT2D eigenvalue weighted by molar-refractivity contribution is 0.120. The molecule has 114 valence electrons. The Hall–Kier alpha value is -0.920. The van der Waals surface area contributed by atoms with Gasteiger partial charge in [0.05, 0.1) is 11.7 Å². The van der Waals surface area contributed by atoms with Crippen molar-refractivity contribution in [2.45, 2.75) is 50.0 Å². The van der Waals surface area contributed by atoms with E-state index in [-0.39, 0.29) is 12.2 Å². The van der Waals surface area contributed by atoms with Crippen molar-refractivity contribution in [2.75, 3.05) is 13.1 Å². The van der Waals surface area contributed by atoms with Crippen LogP contribution in [0, 0.1) is 11.8 Å². The first kappa shape index (κ1) is 12.6. The fourth-order valence-corrected chi connectivity index (χ4v) is 4.89. The highest BCUT2D eigenvalue weighted by Crippen LogP contribution is 2.38. The molecule has 21 heavy (non-hydrogen) atoms. The summed E-state index contributed by atoms with van der Waals surface area (Å²) >= 11 is 1.18. The molecule has 2 N–H and O–H groups in total. The third-order valence-electron chi connectivity index (χ3n) is 5.50. The van der Waals surface area contributed by atoms with Crippen LogP contribution in [0.2, 0.25) is 0 Å². The van der Waals surface area contributed by atoms with Gasteiger partial charge in [-0.2, -0.15) is 0 Å². The predicted molar refractivity (Wildman–Crippen MR) is 77.8 cm³/mol. The van der Waals surface area contributed by atoms with Gasteiger partial charge in [-0.25, -0.2) is 0 Å². The maximum Gasteiger partial charge on any atom is 0.291 e. The molecule has 4 bridgehead atoms. The lowest BCUT2D eigenvalue weighted by Gasteiger charge is -2.25. The van der Waals surface area contributed by atoms with Crippen molar-refractivity contribution in [1.29, 1.82) is 0 Å². The number of rotatable bonds is 4. The van der Waals surface area contributed by atoms with Crippen molar-refractivity contribution < 1.29 is 9.47 Å². The van der Waals surface area contributed by atoms with Crippen LogP contribution in [0.5, 0.6) is 11.8 Å². The number of hydrogen-bond donors (Lipinski definition) is 2.